The summed E-state index contributed by atoms with van der Waals surface area (Å²) >= 11 is 1.56. The van der Waals surface area contributed by atoms with Crippen molar-refractivity contribution in [1.29, 1.82) is 0 Å². The summed E-state index contributed by atoms with van der Waals surface area (Å²) in [5, 5.41) is 36.4. The minimum absolute atomic E-state index is 0.0123. The van der Waals surface area contributed by atoms with Gasteiger partial charge in [0.1, 0.15) is 23.6 Å². The van der Waals surface area contributed by atoms with E-state index in [-0.39, 0.29) is 80.2 Å². The molecular formula is C50H58N8O10S. The molecule has 0 saturated carbocycles. The summed E-state index contributed by atoms with van der Waals surface area (Å²) in [6.07, 6.45) is 0.808. The number of ether oxygens (including phenoxy) is 1. The molecule has 1 aliphatic carbocycles. The third-order valence-electron chi connectivity index (χ3n) is 12.1. The Balaban J connectivity index is 0.845. The van der Waals surface area contributed by atoms with E-state index in [9.17, 15) is 39.0 Å². The fourth-order valence-electron chi connectivity index (χ4n) is 8.37. The molecule has 6 amide bonds. The molecule has 3 heterocycles. The first-order valence-electron chi connectivity index (χ1n) is 22.8. The van der Waals surface area contributed by atoms with Gasteiger partial charge >= 0.3 is 0 Å². The van der Waals surface area contributed by atoms with Crippen molar-refractivity contribution >= 4 is 46.8 Å². The number of benzene rings is 3. The van der Waals surface area contributed by atoms with E-state index in [4.69, 9.17) is 9.26 Å². The highest BCUT2D eigenvalue weighted by atomic mass is 32.1. The van der Waals surface area contributed by atoms with Gasteiger partial charge in [0.05, 0.1) is 33.8 Å². The van der Waals surface area contributed by atoms with Crippen LogP contribution in [0.2, 0.25) is 0 Å². The number of likely N-dealkylation sites (tertiary alicyclic amines) is 1. The van der Waals surface area contributed by atoms with Crippen molar-refractivity contribution in [3.63, 3.8) is 0 Å². The van der Waals surface area contributed by atoms with Gasteiger partial charge in [0, 0.05) is 58.2 Å². The predicted molar refractivity (Wildman–Crippen MR) is 256 cm³/mol. The Morgan fingerprint density at radius 1 is 0.971 bits per heavy atom. The van der Waals surface area contributed by atoms with Crippen molar-refractivity contribution in [3.8, 4) is 33.3 Å². The highest BCUT2D eigenvalue weighted by molar-refractivity contribution is 7.13. The maximum atomic E-state index is 14.0. The van der Waals surface area contributed by atoms with Crippen LogP contribution in [-0.2, 0) is 32.1 Å². The van der Waals surface area contributed by atoms with Gasteiger partial charge in [0.25, 0.3) is 17.7 Å². The van der Waals surface area contributed by atoms with E-state index in [0.29, 0.717) is 24.2 Å². The smallest absolute Gasteiger partial charge is 0.273 e. The lowest BCUT2D eigenvalue weighted by Gasteiger charge is -2.35. The summed E-state index contributed by atoms with van der Waals surface area (Å²) in [7, 11) is 3.16. The summed E-state index contributed by atoms with van der Waals surface area (Å²) in [4.78, 5) is 87.1. The summed E-state index contributed by atoms with van der Waals surface area (Å²) < 4.78 is 11.2. The molecule has 69 heavy (non-hydrogen) atoms. The van der Waals surface area contributed by atoms with E-state index in [1.807, 2.05) is 58.0 Å². The molecule has 1 aliphatic heterocycles. The Hall–Kier alpha value is -7.12. The van der Waals surface area contributed by atoms with Gasteiger partial charge in [-0.25, -0.2) is 4.98 Å². The molecule has 0 unspecified atom stereocenters. The van der Waals surface area contributed by atoms with E-state index >= 15 is 0 Å². The zero-order chi connectivity index (χ0) is 49.6. The number of aliphatic hydroxyl groups excluding tert-OH is 1. The molecule has 2 aliphatic rings. The molecule has 7 rings (SSSR count). The third kappa shape index (κ3) is 12.1. The van der Waals surface area contributed by atoms with Crippen LogP contribution in [0.15, 0.2) is 76.8 Å². The fraction of sp³-hybridized carbons (Fsp3) is 0.400. The summed E-state index contributed by atoms with van der Waals surface area (Å²) in [5.74, 6) is -2.06. The van der Waals surface area contributed by atoms with Crippen LogP contribution >= 0.6 is 11.3 Å². The number of aromatic nitrogens is 2. The minimum Gasteiger partial charge on any atom is -0.507 e. The Bertz CT molecular complexity index is 2710. The quantitative estimate of drug-likeness (QED) is 0.0696. The van der Waals surface area contributed by atoms with E-state index in [0.717, 1.165) is 32.8 Å². The molecule has 0 radical (unpaired) electrons. The molecule has 6 N–H and O–H groups in total. The van der Waals surface area contributed by atoms with Crippen LogP contribution in [0.3, 0.4) is 0 Å². The standard InChI is InChI=1S/C50H58N8O10S/c1-28-44(69-27-53-28)31-11-9-29(10-12-31)24-52-47(64)39-21-33(59)25-58(39)49(66)45(50(2,3)4)55-42(61)8-7-19-51-43(62)26-67-34-16-13-30-15-18-37(36(30)22-34)54-46(63)38-23-41(68-56-38)32-14-17-35(40(60)20-32)48(65)57(5)6/h9-14,16-17,20,22-23,27,33,37,39,45,59-60H,7-8,15,18-19,21,24-26H2,1-6H3,(H,51,62)(H,52,64)(H,54,63)(H,55,61)/t33-,37-,39+,45-/m1/s1. The van der Waals surface area contributed by atoms with Crippen LogP contribution in [0.25, 0.3) is 21.8 Å². The Morgan fingerprint density at radius 3 is 2.42 bits per heavy atom. The lowest BCUT2D eigenvalue weighted by molar-refractivity contribution is -0.144. The van der Waals surface area contributed by atoms with Crippen LogP contribution in [-0.4, -0.2) is 118 Å². The number of rotatable bonds is 17. The molecule has 3 aromatic carbocycles. The number of thiazole rings is 1. The van der Waals surface area contributed by atoms with Crippen LogP contribution in [0.5, 0.6) is 11.5 Å². The lowest BCUT2D eigenvalue weighted by atomic mass is 9.85. The molecule has 2 aromatic heterocycles. The van der Waals surface area contributed by atoms with E-state index in [1.54, 1.807) is 49.1 Å². The van der Waals surface area contributed by atoms with Crippen molar-refractivity contribution < 1.29 is 48.2 Å². The first-order valence-corrected chi connectivity index (χ1v) is 23.6. The number of carbonyl (C=O) groups excluding carboxylic acids is 6. The number of nitrogens with one attached hydrogen (secondary N) is 4. The molecule has 0 spiro atoms. The van der Waals surface area contributed by atoms with Gasteiger partial charge < -0.3 is 50.5 Å². The molecule has 1 fully saturated rings. The van der Waals surface area contributed by atoms with Crippen molar-refractivity contribution in [2.45, 2.75) is 90.6 Å². The predicted octanol–water partition coefficient (Wildman–Crippen LogP) is 4.68. The minimum atomic E-state index is -0.986. The van der Waals surface area contributed by atoms with Crippen LogP contribution in [0.1, 0.15) is 95.7 Å². The molecule has 1 saturated heterocycles. The number of carbonyl (C=O) groups is 6. The molecule has 364 valence electrons. The number of β-amino-alcohol motifs (C(OH)–C–C–N with tert-alkyl or cyclic N) is 1. The SMILES string of the molecule is Cc1ncsc1-c1ccc(CNC(=O)[C@@H]2C[C@@H](O)CN2C(=O)[C@@H](NC(=O)CCCNC(=O)COc2ccc3c(c2)[C@H](NC(=O)c2cc(-c4ccc(C(=O)N(C)C)c(O)c4)on2)CC3)C(C)(C)C)cc1. The van der Waals surface area contributed by atoms with Gasteiger partial charge in [-0.05, 0) is 78.1 Å². The number of fused-ring (bicyclic) bond motifs is 1. The summed E-state index contributed by atoms with van der Waals surface area (Å²) in [6, 6.07) is 16.9. The Kier molecular flexibility index (Phi) is 15.5. The highest BCUT2D eigenvalue weighted by Gasteiger charge is 2.44. The summed E-state index contributed by atoms with van der Waals surface area (Å²) in [6.45, 7) is 7.47. The van der Waals surface area contributed by atoms with Crippen molar-refractivity contribution in [1.82, 2.24) is 41.2 Å². The van der Waals surface area contributed by atoms with Gasteiger partial charge in [0.2, 0.25) is 17.7 Å². The lowest BCUT2D eigenvalue weighted by Crippen LogP contribution is -2.57. The zero-order valence-electron chi connectivity index (χ0n) is 39.5. The Labute approximate surface area is 403 Å². The average Bonchev–Trinajstić information content (AvgIpc) is 4.15. The number of amides is 6. The Morgan fingerprint density at radius 2 is 1.72 bits per heavy atom. The molecule has 19 heteroatoms. The van der Waals surface area contributed by atoms with Crippen molar-refractivity contribution in [2.75, 3.05) is 33.8 Å². The van der Waals surface area contributed by atoms with Gasteiger partial charge in [-0.1, -0.05) is 62.3 Å². The van der Waals surface area contributed by atoms with Crippen molar-refractivity contribution in [3.05, 3.63) is 106 Å². The maximum absolute atomic E-state index is 14.0. The number of aromatic hydroxyl groups is 1. The van der Waals surface area contributed by atoms with E-state index < -0.39 is 53.1 Å². The first-order chi connectivity index (χ1) is 32.9. The van der Waals surface area contributed by atoms with Gasteiger partial charge in [-0.3, -0.25) is 28.8 Å². The molecule has 5 aromatic rings. The summed E-state index contributed by atoms with van der Waals surface area (Å²) in [5.41, 5.74) is 6.39. The number of hydrogen-bond donors (Lipinski definition) is 6. The van der Waals surface area contributed by atoms with Crippen molar-refractivity contribution in [2.24, 2.45) is 5.41 Å². The van der Waals surface area contributed by atoms with Crippen LogP contribution in [0.4, 0.5) is 0 Å². The average molecular weight is 963 g/mol. The monoisotopic (exact) mass is 962 g/mol. The van der Waals surface area contributed by atoms with E-state index in [2.05, 4.69) is 31.4 Å². The normalized spacial score (nSPS) is 16.9. The molecule has 0 bridgehead atoms. The number of phenolic OH excluding ortho intramolecular Hbond substituents is 1. The van der Waals surface area contributed by atoms with Crippen LogP contribution in [0, 0.1) is 12.3 Å². The third-order valence-corrected chi connectivity index (χ3v) is 13.1. The first kappa shape index (κ1) is 49.8. The van der Waals surface area contributed by atoms with Gasteiger partial charge in [-0.2, -0.15) is 0 Å². The maximum Gasteiger partial charge on any atom is 0.273 e. The second-order valence-corrected chi connectivity index (χ2v) is 19.5. The second kappa shape index (κ2) is 21.5. The second-order valence-electron chi connectivity index (χ2n) is 18.6. The number of aryl methyl sites for hydroxylation is 2. The highest BCUT2D eigenvalue weighted by Crippen LogP contribution is 2.35. The van der Waals surface area contributed by atoms with Gasteiger partial charge in [0.15, 0.2) is 18.1 Å². The molecule has 4 atom stereocenters. The number of hydrogen-bond acceptors (Lipinski definition) is 13. The fourth-order valence-corrected chi connectivity index (χ4v) is 9.18. The number of phenols is 1. The zero-order valence-corrected chi connectivity index (χ0v) is 40.3. The number of nitrogens with zero attached hydrogens (tertiary/aromatic N) is 4. The van der Waals surface area contributed by atoms with Gasteiger partial charge in [-0.15, -0.1) is 11.3 Å². The topological polar surface area (TPSA) is 246 Å². The molecular weight excluding hydrogens is 905 g/mol. The van der Waals surface area contributed by atoms with E-state index in [1.165, 1.54) is 28.0 Å². The molecule has 18 nitrogen and oxygen atoms in total. The van der Waals surface area contributed by atoms with Crippen LogP contribution < -0.4 is 26.0 Å². The largest absolute Gasteiger partial charge is 0.507 e. The number of aliphatic hydroxyl groups is 1.